The fraction of sp³-hybridized carbons (Fsp3) is 0.364. The van der Waals surface area contributed by atoms with Gasteiger partial charge in [0.25, 0.3) is 0 Å². The quantitative estimate of drug-likeness (QED) is 0.703. The van der Waals surface area contributed by atoms with E-state index in [4.69, 9.17) is 5.73 Å². The Balaban J connectivity index is 3.11. The van der Waals surface area contributed by atoms with Crippen LogP contribution < -0.4 is 5.73 Å². The number of benzene rings is 1. The van der Waals surface area contributed by atoms with Gasteiger partial charge in [-0.2, -0.15) is 0 Å². The summed E-state index contributed by atoms with van der Waals surface area (Å²) in [6, 6.07) is 7.08. The molecule has 1 aromatic carbocycles. The minimum Gasteiger partial charge on any atom is -0.467 e. The van der Waals surface area contributed by atoms with Crippen molar-refractivity contribution in [1.82, 2.24) is 0 Å². The van der Waals surface area contributed by atoms with Crippen molar-refractivity contribution < 1.29 is 14.6 Å². The number of carbonyl (C=O) groups excluding carboxylic acids is 1. The van der Waals surface area contributed by atoms with E-state index < -0.39 is 18.1 Å². The maximum absolute atomic E-state index is 11.4. The average molecular weight is 209 g/mol. The molecule has 0 heterocycles. The zero-order valence-corrected chi connectivity index (χ0v) is 8.86. The van der Waals surface area contributed by atoms with Crippen LogP contribution in [0.25, 0.3) is 0 Å². The van der Waals surface area contributed by atoms with Gasteiger partial charge in [-0.1, -0.05) is 29.8 Å². The van der Waals surface area contributed by atoms with E-state index in [2.05, 4.69) is 4.74 Å². The van der Waals surface area contributed by atoms with E-state index in [1.807, 2.05) is 19.1 Å². The Morgan fingerprint density at radius 2 is 2.00 bits per heavy atom. The van der Waals surface area contributed by atoms with Crippen molar-refractivity contribution in [3.05, 3.63) is 35.4 Å². The molecule has 0 aliphatic rings. The number of esters is 1. The zero-order chi connectivity index (χ0) is 11.5. The first-order chi connectivity index (χ1) is 7.04. The lowest BCUT2D eigenvalue weighted by Gasteiger charge is -2.24. The predicted molar refractivity (Wildman–Crippen MR) is 56.1 cm³/mol. The molecule has 4 heteroatoms. The molecule has 0 aliphatic carbocycles. The van der Waals surface area contributed by atoms with Gasteiger partial charge in [0.05, 0.1) is 13.7 Å². The number of carbonyl (C=O) groups is 1. The summed E-state index contributed by atoms with van der Waals surface area (Å²) < 4.78 is 4.57. The van der Waals surface area contributed by atoms with E-state index >= 15 is 0 Å². The topological polar surface area (TPSA) is 72.5 Å². The van der Waals surface area contributed by atoms with Crippen molar-refractivity contribution in [2.75, 3.05) is 13.7 Å². The summed E-state index contributed by atoms with van der Waals surface area (Å²) in [4.78, 5) is 11.4. The Morgan fingerprint density at radius 3 is 2.40 bits per heavy atom. The van der Waals surface area contributed by atoms with E-state index in [9.17, 15) is 9.90 Å². The van der Waals surface area contributed by atoms with Crippen LogP contribution in [0.2, 0.25) is 0 Å². The van der Waals surface area contributed by atoms with Crippen LogP contribution in [0.15, 0.2) is 24.3 Å². The summed E-state index contributed by atoms with van der Waals surface area (Å²) in [5.74, 6) is -0.645. The van der Waals surface area contributed by atoms with Crippen molar-refractivity contribution in [2.45, 2.75) is 12.5 Å². The summed E-state index contributed by atoms with van der Waals surface area (Å²) in [7, 11) is 1.24. The highest BCUT2D eigenvalue weighted by atomic mass is 16.5. The molecule has 3 N–H and O–H groups in total. The van der Waals surface area contributed by atoms with Crippen LogP contribution in [0.1, 0.15) is 11.1 Å². The van der Waals surface area contributed by atoms with Gasteiger partial charge in [0.1, 0.15) is 0 Å². The van der Waals surface area contributed by atoms with Gasteiger partial charge in [-0.05, 0) is 12.5 Å². The number of aliphatic hydroxyl groups excluding tert-OH is 1. The van der Waals surface area contributed by atoms with E-state index in [1.165, 1.54) is 7.11 Å². The predicted octanol–water partition coefficient (Wildman–Crippen LogP) is 0.314. The highest BCUT2D eigenvalue weighted by molar-refractivity contribution is 5.82. The van der Waals surface area contributed by atoms with Gasteiger partial charge in [0.2, 0.25) is 0 Å². The molecule has 82 valence electrons. The van der Waals surface area contributed by atoms with Gasteiger partial charge in [-0.25, -0.2) is 4.79 Å². The second-order valence-electron chi connectivity index (χ2n) is 3.49. The Hall–Kier alpha value is -1.39. The van der Waals surface area contributed by atoms with Crippen LogP contribution in [0.3, 0.4) is 0 Å². The molecule has 1 rings (SSSR count). The Kier molecular flexibility index (Phi) is 3.44. The minimum absolute atomic E-state index is 0.483. The second-order valence-corrected chi connectivity index (χ2v) is 3.49. The van der Waals surface area contributed by atoms with Crippen molar-refractivity contribution in [3.63, 3.8) is 0 Å². The van der Waals surface area contributed by atoms with E-state index in [0.717, 1.165) is 5.56 Å². The number of nitrogens with two attached hydrogens (primary N) is 1. The molecule has 1 unspecified atom stereocenters. The van der Waals surface area contributed by atoms with Gasteiger partial charge >= 0.3 is 5.97 Å². The van der Waals surface area contributed by atoms with Crippen molar-refractivity contribution >= 4 is 5.97 Å². The first-order valence-corrected chi connectivity index (χ1v) is 4.60. The van der Waals surface area contributed by atoms with Crippen molar-refractivity contribution in [2.24, 2.45) is 5.73 Å². The Bertz CT molecular complexity index is 347. The molecule has 1 aromatic rings. The molecule has 4 nitrogen and oxygen atoms in total. The number of aliphatic hydroxyl groups is 1. The maximum Gasteiger partial charge on any atom is 0.332 e. The highest BCUT2D eigenvalue weighted by Gasteiger charge is 2.36. The van der Waals surface area contributed by atoms with Gasteiger partial charge in [-0.15, -0.1) is 0 Å². The fourth-order valence-electron chi connectivity index (χ4n) is 1.31. The number of hydrogen-bond acceptors (Lipinski definition) is 4. The molecule has 0 radical (unpaired) electrons. The van der Waals surface area contributed by atoms with Gasteiger partial charge in [-0.3, -0.25) is 0 Å². The smallest absolute Gasteiger partial charge is 0.332 e. The average Bonchev–Trinajstić information content (AvgIpc) is 2.27. The largest absolute Gasteiger partial charge is 0.467 e. The molecule has 0 aliphatic heterocycles. The molecule has 0 amide bonds. The third-order valence-corrected chi connectivity index (χ3v) is 2.37. The Labute approximate surface area is 88.7 Å². The third-order valence-electron chi connectivity index (χ3n) is 2.37. The zero-order valence-electron chi connectivity index (χ0n) is 8.86. The van der Waals surface area contributed by atoms with E-state index in [0.29, 0.717) is 5.56 Å². The SMILES string of the molecule is COC(=O)C(N)(CO)c1ccc(C)cc1. The van der Waals surface area contributed by atoms with E-state index in [1.54, 1.807) is 12.1 Å². The standard InChI is InChI=1S/C11H15NO3/c1-8-3-5-9(6-4-8)11(12,7-13)10(14)15-2/h3-6,13H,7,12H2,1-2H3. The maximum atomic E-state index is 11.4. The number of methoxy groups -OCH3 is 1. The second kappa shape index (κ2) is 4.42. The minimum atomic E-state index is -1.47. The lowest BCUT2D eigenvalue weighted by molar-refractivity contribution is -0.149. The number of rotatable bonds is 3. The van der Waals surface area contributed by atoms with Gasteiger partial charge < -0.3 is 15.6 Å². The summed E-state index contributed by atoms with van der Waals surface area (Å²) in [6.07, 6.45) is 0. The summed E-state index contributed by atoms with van der Waals surface area (Å²) in [6.45, 7) is 1.45. The van der Waals surface area contributed by atoms with Crippen LogP contribution in [-0.2, 0) is 15.1 Å². The molecule has 0 bridgehead atoms. The third kappa shape index (κ3) is 2.16. The number of hydrogen-bond donors (Lipinski definition) is 2. The summed E-state index contributed by atoms with van der Waals surface area (Å²) in [5, 5.41) is 9.18. The molecular weight excluding hydrogens is 194 g/mol. The molecule has 0 saturated heterocycles. The van der Waals surface area contributed by atoms with Crippen LogP contribution in [0.5, 0.6) is 0 Å². The van der Waals surface area contributed by atoms with Crippen molar-refractivity contribution in [1.29, 1.82) is 0 Å². The van der Waals surface area contributed by atoms with Gasteiger partial charge in [0.15, 0.2) is 5.54 Å². The molecule has 15 heavy (non-hydrogen) atoms. The normalized spacial score (nSPS) is 14.4. The number of ether oxygens (including phenoxy) is 1. The van der Waals surface area contributed by atoms with Crippen LogP contribution in [0, 0.1) is 6.92 Å². The molecule has 0 fully saturated rings. The summed E-state index contributed by atoms with van der Waals surface area (Å²) in [5.41, 5.74) is 5.93. The van der Waals surface area contributed by atoms with Crippen LogP contribution in [-0.4, -0.2) is 24.8 Å². The number of aryl methyl sites for hydroxylation is 1. The molecule has 0 aromatic heterocycles. The fourth-order valence-corrected chi connectivity index (χ4v) is 1.31. The Morgan fingerprint density at radius 1 is 1.47 bits per heavy atom. The first kappa shape index (κ1) is 11.7. The van der Waals surface area contributed by atoms with Gasteiger partial charge in [0, 0.05) is 0 Å². The van der Waals surface area contributed by atoms with Crippen LogP contribution in [0.4, 0.5) is 0 Å². The highest BCUT2D eigenvalue weighted by Crippen LogP contribution is 2.19. The lowest BCUT2D eigenvalue weighted by Crippen LogP contribution is -2.48. The lowest BCUT2D eigenvalue weighted by atomic mass is 9.91. The van der Waals surface area contributed by atoms with E-state index in [-0.39, 0.29) is 0 Å². The first-order valence-electron chi connectivity index (χ1n) is 4.60. The molecule has 1 atom stereocenters. The molecule has 0 saturated carbocycles. The van der Waals surface area contributed by atoms with Crippen LogP contribution >= 0.6 is 0 Å². The summed E-state index contributed by atoms with van der Waals surface area (Å²) >= 11 is 0. The molecule has 0 spiro atoms. The monoisotopic (exact) mass is 209 g/mol. The van der Waals surface area contributed by atoms with Crippen molar-refractivity contribution in [3.8, 4) is 0 Å². The molecular formula is C11H15NO3.